The highest BCUT2D eigenvalue weighted by molar-refractivity contribution is 5.88. The van der Waals surface area contributed by atoms with Gasteiger partial charge in [-0.3, -0.25) is 4.79 Å². The maximum absolute atomic E-state index is 11.9. The molecule has 0 heterocycles. The van der Waals surface area contributed by atoms with Crippen LogP contribution in [0.5, 0.6) is 0 Å². The summed E-state index contributed by atoms with van der Waals surface area (Å²) in [6.07, 6.45) is 3.79. The van der Waals surface area contributed by atoms with Crippen LogP contribution >= 0.6 is 0 Å². The Balaban J connectivity index is 2.71. The molecule has 1 amide bonds. The molecule has 1 aliphatic rings. The van der Waals surface area contributed by atoms with Gasteiger partial charge in [0.1, 0.15) is 0 Å². The van der Waals surface area contributed by atoms with Crippen LogP contribution < -0.4 is 5.73 Å². The first kappa shape index (κ1) is 11.8. The highest BCUT2D eigenvalue weighted by atomic mass is 16.5. The molecule has 2 N–H and O–H groups in total. The van der Waals surface area contributed by atoms with Crippen molar-refractivity contribution < 1.29 is 14.3 Å². The quantitative estimate of drug-likeness (QED) is 0.721. The highest BCUT2D eigenvalue weighted by Crippen LogP contribution is 2.48. The number of primary amides is 1. The van der Waals surface area contributed by atoms with Crippen LogP contribution in [0.3, 0.4) is 0 Å². The molecule has 0 aromatic carbocycles. The summed E-state index contributed by atoms with van der Waals surface area (Å²) in [6, 6.07) is 0. The second-order valence-electron chi connectivity index (χ2n) is 4.69. The minimum Gasteiger partial charge on any atom is -0.442 e. The first-order valence-corrected chi connectivity index (χ1v) is 4.93. The van der Waals surface area contributed by atoms with E-state index in [1.165, 1.54) is 0 Å². The normalized spacial score (nSPS) is 27.7. The molecule has 0 aromatic rings. The van der Waals surface area contributed by atoms with Crippen LogP contribution in [0.25, 0.3) is 0 Å². The van der Waals surface area contributed by atoms with Gasteiger partial charge in [-0.2, -0.15) is 0 Å². The van der Waals surface area contributed by atoms with Crippen LogP contribution in [0, 0.1) is 10.8 Å². The van der Waals surface area contributed by atoms with Crippen molar-refractivity contribution in [3.63, 3.8) is 0 Å². The first-order valence-electron chi connectivity index (χ1n) is 4.93. The summed E-state index contributed by atoms with van der Waals surface area (Å²) in [5.74, 6) is -0.0868. The topological polar surface area (TPSA) is 69.4 Å². The van der Waals surface area contributed by atoms with Gasteiger partial charge in [0.15, 0.2) is 12.4 Å². The zero-order chi connectivity index (χ0) is 11.7. The second-order valence-corrected chi connectivity index (χ2v) is 4.69. The van der Waals surface area contributed by atoms with Gasteiger partial charge >= 0.3 is 6.09 Å². The molecule has 0 aliphatic heterocycles. The van der Waals surface area contributed by atoms with Crippen molar-refractivity contribution in [1.29, 1.82) is 0 Å². The number of ether oxygens (including phenoxy) is 1. The number of hydrogen-bond donors (Lipinski definition) is 1. The first-order chi connectivity index (χ1) is 6.79. The van der Waals surface area contributed by atoms with Crippen LogP contribution in [-0.2, 0) is 9.53 Å². The average molecular weight is 211 g/mol. The van der Waals surface area contributed by atoms with Crippen LogP contribution in [0.1, 0.15) is 27.2 Å². The van der Waals surface area contributed by atoms with Crippen molar-refractivity contribution in [1.82, 2.24) is 0 Å². The highest BCUT2D eigenvalue weighted by Gasteiger charge is 2.47. The minimum absolute atomic E-state index is 0.0868. The van der Waals surface area contributed by atoms with Crippen molar-refractivity contribution in [2.24, 2.45) is 16.6 Å². The lowest BCUT2D eigenvalue weighted by Gasteiger charge is -2.36. The third kappa shape index (κ3) is 2.03. The molecule has 4 heteroatoms. The molecule has 0 saturated carbocycles. The number of rotatable bonds is 3. The molecule has 1 aliphatic carbocycles. The smallest absolute Gasteiger partial charge is 0.404 e. The van der Waals surface area contributed by atoms with E-state index in [9.17, 15) is 9.59 Å². The number of ketones is 1. The Hall–Kier alpha value is -1.32. The minimum atomic E-state index is -0.907. The van der Waals surface area contributed by atoms with Gasteiger partial charge in [0, 0.05) is 5.41 Å². The van der Waals surface area contributed by atoms with Crippen molar-refractivity contribution >= 4 is 11.9 Å². The monoisotopic (exact) mass is 211 g/mol. The predicted molar refractivity (Wildman–Crippen MR) is 56.2 cm³/mol. The van der Waals surface area contributed by atoms with Crippen LogP contribution in [0.2, 0.25) is 0 Å². The van der Waals surface area contributed by atoms with E-state index in [4.69, 9.17) is 5.73 Å². The molecule has 0 saturated heterocycles. The molecule has 1 rings (SSSR count). The van der Waals surface area contributed by atoms with Crippen molar-refractivity contribution in [2.75, 3.05) is 6.61 Å². The van der Waals surface area contributed by atoms with E-state index in [0.717, 1.165) is 0 Å². The summed E-state index contributed by atoms with van der Waals surface area (Å²) in [6.45, 7) is 5.65. The number of amides is 1. The summed E-state index contributed by atoms with van der Waals surface area (Å²) in [4.78, 5) is 22.3. The lowest BCUT2D eigenvalue weighted by molar-refractivity contribution is -0.134. The van der Waals surface area contributed by atoms with Crippen LogP contribution in [-0.4, -0.2) is 18.5 Å². The molecule has 0 radical (unpaired) electrons. The summed E-state index contributed by atoms with van der Waals surface area (Å²) in [5, 5.41) is 0. The molecule has 0 aromatic heterocycles. The molecule has 15 heavy (non-hydrogen) atoms. The van der Waals surface area contributed by atoms with Crippen LogP contribution in [0.15, 0.2) is 12.2 Å². The zero-order valence-electron chi connectivity index (χ0n) is 9.37. The molecule has 4 nitrogen and oxygen atoms in total. The third-order valence-electron chi connectivity index (χ3n) is 3.44. The Kier molecular flexibility index (Phi) is 2.88. The standard InChI is InChI=1S/C11H17NO3/c1-10(2)5-4-6-11(10,3)8(13)7-15-9(12)14/h4-5H,6-7H2,1-3H3,(H2,12,14). The molecular formula is C11H17NO3. The predicted octanol–water partition coefficient (Wildman–Crippen LogP) is 1.64. The van der Waals surface area contributed by atoms with Gasteiger partial charge < -0.3 is 10.5 Å². The van der Waals surface area contributed by atoms with Gasteiger partial charge in [-0.15, -0.1) is 0 Å². The maximum atomic E-state index is 11.9. The Labute approximate surface area is 89.5 Å². The Bertz CT molecular complexity index is 320. The Morgan fingerprint density at radius 3 is 2.40 bits per heavy atom. The summed E-state index contributed by atoms with van der Waals surface area (Å²) in [5.41, 5.74) is 4.12. The van der Waals surface area contributed by atoms with E-state index in [1.807, 2.05) is 32.9 Å². The molecule has 84 valence electrons. The Morgan fingerprint density at radius 2 is 2.00 bits per heavy atom. The van der Waals surface area contributed by atoms with Gasteiger partial charge in [-0.05, 0) is 11.8 Å². The van der Waals surface area contributed by atoms with E-state index in [-0.39, 0.29) is 17.8 Å². The molecular weight excluding hydrogens is 194 g/mol. The molecule has 1 atom stereocenters. The van der Waals surface area contributed by atoms with Gasteiger partial charge in [0.2, 0.25) is 0 Å². The van der Waals surface area contributed by atoms with Crippen LogP contribution in [0.4, 0.5) is 4.79 Å². The SMILES string of the molecule is CC1(C)C=CCC1(C)C(=O)COC(N)=O. The summed E-state index contributed by atoms with van der Waals surface area (Å²) in [7, 11) is 0. The largest absolute Gasteiger partial charge is 0.442 e. The fourth-order valence-electron chi connectivity index (χ4n) is 1.81. The molecule has 0 fully saturated rings. The Morgan fingerprint density at radius 1 is 1.40 bits per heavy atom. The number of carbonyl (C=O) groups excluding carboxylic acids is 2. The summed E-state index contributed by atoms with van der Waals surface area (Å²) < 4.78 is 4.54. The molecule has 1 unspecified atom stereocenters. The number of allylic oxidation sites excluding steroid dienone is 2. The second kappa shape index (κ2) is 3.68. The van der Waals surface area contributed by atoms with Crippen molar-refractivity contribution in [2.45, 2.75) is 27.2 Å². The number of Topliss-reactive ketones (excluding diaryl/α,β-unsaturated/α-hetero) is 1. The lowest BCUT2D eigenvalue weighted by Crippen LogP contribution is -2.40. The van der Waals surface area contributed by atoms with E-state index in [0.29, 0.717) is 6.42 Å². The van der Waals surface area contributed by atoms with E-state index < -0.39 is 11.5 Å². The van der Waals surface area contributed by atoms with E-state index in [1.54, 1.807) is 0 Å². The van der Waals surface area contributed by atoms with Gasteiger partial charge in [-0.25, -0.2) is 4.79 Å². The zero-order valence-corrected chi connectivity index (χ0v) is 9.37. The fourth-order valence-corrected chi connectivity index (χ4v) is 1.81. The fraction of sp³-hybridized carbons (Fsp3) is 0.636. The average Bonchev–Trinajstić information content (AvgIpc) is 2.38. The van der Waals surface area contributed by atoms with Crippen molar-refractivity contribution in [3.8, 4) is 0 Å². The van der Waals surface area contributed by atoms with Gasteiger partial charge in [0.05, 0.1) is 0 Å². The third-order valence-corrected chi connectivity index (χ3v) is 3.44. The van der Waals surface area contributed by atoms with Gasteiger partial charge in [-0.1, -0.05) is 32.9 Å². The maximum Gasteiger partial charge on any atom is 0.404 e. The lowest BCUT2D eigenvalue weighted by atomic mass is 9.66. The van der Waals surface area contributed by atoms with E-state index >= 15 is 0 Å². The summed E-state index contributed by atoms with van der Waals surface area (Å²) >= 11 is 0. The number of nitrogens with two attached hydrogens (primary N) is 1. The van der Waals surface area contributed by atoms with Gasteiger partial charge in [0.25, 0.3) is 0 Å². The number of hydrogen-bond acceptors (Lipinski definition) is 3. The molecule has 0 bridgehead atoms. The molecule has 0 spiro atoms. The number of carbonyl (C=O) groups is 2. The van der Waals surface area contributed by atoms with Crippen molar-refractivity contribution in [3.05, 3.63) is 12.2 Å². The van der Waals surface area contributed by atoms with E-state index in [2.05, 4.69) is 4.74 Å².